The van der Waals surface area contributed by atoms with Gasteiger partial charge in [-0.1, -0.05) is 0 Å². The molecule has 0 bridgehead atoms. The van der Waals surface area contributed by atoms with Gasteiger partial charge in [-0.05, 0) is 19.1 Å². The monoisotopic (exact) mass is 487 g/mol. The first kappa shape index (κ1) is 20.3. The summed E-state index contributed by atoms with van der Waals surface area (Å²) in [6.45, 7) is 3.12. The standard InChI is InChI=1S/C17H21N5O2S.HI/c1-4-24-14-6-5-12(9-15(14)23-3)20-16(18-2)19-10-13-11-22-7-8-25-17(22)21-13;/h5-9,11H,4,10H2,1-3H3,(H2,18,19,20);1H. The number of ether oxygens (including phenoxy) is 2. The van der Waals surface area contributed by atoms with Gasteiger partial charge in [0, 0.05) is 36.6 Å². The average Bonchev–Trinajstić information content (AvgIpc) is 3.21. The summed E-state index contributed by atoms with van der Waals surface area (Å²) in [7, 11) is 3.35. The molecule has 140 valence electrons. The molecule has 0 fully saturated rings. The molecule has 0 atom stereocenters. The fourth-order valence-electron chi connectivity index (χ4n) is 2.37. The van der Waals surface area contributed by atoms with Crippen molar-refractivity contribution in [2.24, 2.45) is 4.99 Å². The smallest absolute Gasteiger partial charge is 0.195 e. The number of thiazole rings is 1. The zero-order chi connectivity index (χ0) is 17.6. The molecule has 3 rings (SSSR count). The van der Waals surface area contributed by atoms with Crippen molar-refractivity contribution in [3.63, 3.8) is 0 Å². The third kappa shape index (κ3) is 4.79. The molecule has 0 aliphatic heterocycles. The SMILES string of the molecule is CCOc1ccc(NC(=NC)NCc2cn3ccsc3n2)cc1OC.I. The van der Waals surface area contributed by atoms with Crippen LogP contribution in [0.3, 0.4) is 0 Å². The highest BCUT2D eigenvalue weighted by molar-refractivity contribution is 14.0. The molecule has 26 heavy (non-hydrogen) atoms. The summed E-state index contributed by atoms with van der Waals surface area (Å²) in [5.41, 5.74) is 1.82. The van der Waals surface area contributed by atoms with Crippen molar-refractivity contribution in [1.82, 2.24) is 14.7 Å². The van der Waals surface area contributed by atoms with Crippen molar-refractivity contribution < 1.29 is 9.47 Å². The number of guanidine groups is 1. The number of rotatable bonds is 6. The van der Waals surface area contributed by atoms with Crippen molar-refractivity contribution in [3.8, 4) is 11.5 Å². The highest BCUT2D eigenvalue weighted by Crippen LogP contribution is 2.30. The quantitative estimate of drug-likeness (QED) is 0.316. The van der Waals surface area contributed by atoms with E-state index in [1.54, 1.807) is 25.5 Å². The van der Waals surface area contributed by atoms with Crippen LogP contribution in [-0.2, 0) is 6.54 Å². The molecule has 2 heterocycles. The van der Waals surface area contributed by atoms with Crippen LogP contribution in [-0.4, -0.2) is 36.1 Å². The first-order chi connectivity index (χ1) is 12.2. The van der Waals surface area contributed by atoms with Crippen molar-refractivity contribution in [3.05, 3.63) is 41.7 Å². The van der Waals surface area contributed by atoms with Crippen LogP contribution in [0.2, 0.25) is 0 Å². The van der Waals surface area contributed by atoms with Gasteiger partial charge in [0.05, 0.1) is 26.0 Å². The second kappa shape index (κ2) is 9.62. The van der Waals surface area contributed by atoms with E-state index in [1.165, 1.54) is 0 Å². The molecular weight excluding hydrogens is 465 g/mol. The van der Waals surface area contributed by atoms with Crippen molar-refractivity contribution in [2.45, 2.75) is 13.5 Å². The summed E-state index contributed by atoms with van der Waals surface area (Å²) in [6.07, 6.45) is 4.00. The number of hydrogen-bond donors (Lipinski definition) is 2. The minimum absolute atomic E-state index is 0. The van der Waals surface area contributed by atoms with Crippen LogP contribution in [0.5, 0.6) is 11.5 Å². The summed E-state index contributed by atoms with van der Waals surface area (Å²) in [4.78, 5) is 9.77. The summed E-state index contributed by atoms with van der Waals surface area (Å²) in [6, 6.07) is 5.68. The lowest BCUT2D eigenvalue weighted by Crippen LogP contribution is -2.30. The number of halogens is 1. The first-order valence-electron chi connectivity index (χ1n) is 7.93. The Kier molecular flexibility index (Phi) is 7.51. The zero-order valence-electron chi connectivity index (χ0n) is 14.9. The molecular formula is C17H22IN5O2S. The maximum Gasteiger partial charge on any atom is 0.195 e. The summed E-state index contributed by atoms with van der Waals surface area (Å²) < 4.78 is 12.9. The Balaban J connectivity index is 0.00000243. The van der Waals surface area contributed by atoms with Gasteiger partial charge in [-0.2, -0.15) is 0 Å². The molecule has 0 saturated carbocycles. The minimum Gasteiger partial charge on any atom is -0.493 e. The Hall–Kier alpha value is -2.01. The van der Waals surface area contributed by atoms with E-state index in [2.05, 4.69) is 20.6 Å². The van der Waals surface area contributed by atoms with Crippen LogP contribution in [0, 0.1) is 0 Å². The molecule has 2 aromatic heterocycles. The lowest BCUT2D eigenvalue weighted by atomic mass is 10.2. The molecule has 0 saturated heterocycles. The Morgan fingerprint density at radius 2 is 2.19 bits per heavy atom. The fourth-order valence-corrected chi connectivity index (χ4v) is 3.09. The molecule has 0 spiro atoms. The van der Waals surface area contributed by atoms with Gasteiger partial charge in [0.25, 0.3) is 0 Å². The number of nitrogens with zero attached hydrogens (tertiary/aromatic N) is 3. The maximum atomic E-state index is 5.53. The van der Waals surface area contributed by atoms with Gasteiger partial charge in [-0.3, -0.25) is 9.39 Å². The van der Waals surface area contributed by atoms with Crippen LogP contribution in [0.15, 0.2) is 41.0 Å². The van der Waals surface area contributed by atoms with E-state index >= 15 is 0 Å². The van der Waals surface area contributed by atoms with Crippen molar-refractivity contribution in [1.29, 1.82) is 0 Å². The van der Waals surface area contributed by atoms with E-state index in [0.29, 0.717) is 24.9 Å². The number of hydrogen-bond acceptors (Lipinski definition) is 5. The summed E-state index contributed by atoms with van der Waals surface area (Å²) in [5.74, 6) is 2.05. The summed E-state index contributed by atoms with van der Waals surface area (Å²) in [5, 5.41) is 8.51. The molecule has 1 aromatic carbocycles. The average molecular weight is 487 g/mol. The van der Waals surface area contributed by atoms with Crippen LogP contribution < -0.4 is 20.1 Å². The topological polar surface area (TPSA) is 72.2 Å². The van der Waals surface area contributed by atoms with Gasteiger partial charge in [0.1, 0.15) is 0 Å². The van der Waals surface area contributed by atoms with Crippen LogP contribution in [0.1, 0.15) is 12.6 Å². The van der Waals surface area contributed by atoms with Gasteiger partial charge in [-0.25, -0.2) is 4.98 Å². The van der Waals surface area contributed by atoms with Crippen LogP contribution >= 0.6 is 35.3 Å². The fraction of sp³-hybridized carbons (Fsp3) is 0.294. The Morgan fingerprint density at radius 3 is 2.88 bits per heavy atom. The lowest BCUT2D eigenvalue weighted by Gasteiger charge is -2.14. The van der Waals surface area contributed by atoms with E-state index in [-0.39, 0.29) is 24.0 Å². The number of imidazole rings is 1. The second-order valence-electron chi connectivity index (χ2n) is 5.17. The van der Waals surface area contributed by atoms with E-state index in [9.17, 15) is 0 Å². The third-order valence-corrected chi connectivity index (χ3v) is 4.30. The predicted octanol–water partition coefficient (Wildman–Crippen LogP) is 3.61. The normalized spacial score (nSPS) is 11.1. The number of methoxy groups -OCH3 is 1. The highest BCUT2D eigenvalue weighted by Gasteiger charge is 2.08. The lowest BCUT2D eigenvalue weighted by molar-refractivity contribution is 0.311. The van der Waals surface area contributed by atoms with E-state index < -0.39 is 0 Å². The molecule has 3 aromatic rings. The van der Waals surface area contributed by atoms with Crippen molar-refractivity contribution >= 4 is 51.9 Å². The first-order valence-corrected chi connectivity index (χ1v) is 8.81. The maximum absolute atomic E-state index is 5.53. The highest BCUT2D eigenvalue weighted by atomic mass is 127. The van der Waals surface area contributed by atoms with Gasteiger partial charge in [0.2, 0.25) is 0 Å². The number of anilines is 1. The largest absolute Gasteiger partial charge is 0.493 e. The summed E-state index contributed by atoms with van der Waals surface area (Å²) >= 11 is 1.61. The second-order valence-corrected chi connectivity index (χ2v) is 6.05. The Labute approximate surface area is 173 Å². The molecule has 9 heteroatoms. The van der Waals surface area contributed by atoms with Gasteiger partial charge in [-0.15, -0.1) is 35.3 Å². The van der Waals surface area contributed by atoms with Crippen LogP contribution in [0.4, 0.5) is 5.69 Å². The van der Waals surface area contributed by atoms with E-state index in [1.807, 2.05) is 47.3 Å². The molecule has 0 aliphatic carbocycles. The molecule has 2 N–H and O–H groups in total. The number of benzene rings is 1. The number of aromatic nitrogens is 2. The number of nitrogens with one attached hydrogen (secondary N) is 2. The molecule has 0 amide bonds. The minimum atomic E-state index is 0. The van der Waals surface area contributed by atoms with E-state index in [4.69, 9.17) is 9.47 Å². The zero-order valence-corrected chi connectivity index (χ0v) is 18.0. The number of fused-ring (bicyclic) bond motifs is 1. The van der Waals surface area contributed by atoms with E-state index in [0.717, 1.165) is 22.1 Å². The molecule has 0 radical (unpaired) electrons. The van der Waals surface area contributed by atoms with Gasteiger partial charge in [0.15, 0.2) is 22.4 Å². The third-order valence-electron chi connectivity index (χ3n) is 3.53. The Bertz CT molecular complexity index is 849. The van der Waals surface area contributed by atoms with Gasteiger partial charge >= 0.3 is 0 Å². The number of aliphatic imine (C=N–C) groups is 1. The van der Waals surface area contributed by atoms with Crippen LogP contribution in [0.25, 0.3) is 4.96 Å². The molecule has 7 nitrogen and oxygen atoms in total. The van der Waals surface area contributed by atoms with Gasteiger partial charge < -0.3 is 20.1 Å². The molecule has 0 aliphatic rings. The molecule has 0 unspecified atom stereocenters. The Morgan fingerprint density at radius 1 is 1.35 bits per heavy atom. The van der Waals surface area contributed by atoms with Crippen molar-refractivity contribution in [2.75, 3.05) is 26.1 Å². The predicted molar refractivity (Wildman–Crippen MR) is 116 cm³/mol.